The largest absolute Gasteiger partial charge is 0.272 e. The van der Waals surface area contributed by atoms with Gasteiger partial charge in [0.2, 0.25) is 0 Å². The summed E-state index contributed by atoms with van der Waals surface area (Å²) >= 11 is 6.24. The Morgan fingerprint density at radius 2 is 2.12 bits per heavy atom. The molecule has 0 aromatic carbocycles. The van der Waals surface area contributed by atoms with Gasteiger partial charge in [0.25, 0.3) is 0 Å². The fourth-order valence-corrected chi connectivity index (χ4v) is 2.78. The minimum Gasteiger partial charge on any atom is -0.272 e. The van der Waals surface area contributed by atoms with Gasteiger partial charge in [0.1, 0.15) is 0 Å². The Bertz CT molecular complexity index is 340. The lowest BCUT2D eigenvalue weighted by Gasteiger charge is -2.30. The van der Waals surface area contributed by atoms with E-state index in [1.54, 1.807) is 0 Å². The van der Waals surface area contributed by atoms with E-state index in [0.29, 0.717) is 0 Å². The molecule has 1 unspecified atom stereocenters. The summed E-state index contributed by atoms with van der Waals surface area (Å²) in [6, 6.07) is 2.18. The zero-order valence-corrected chi connectivity index (χ0v) is 12.3. The molecule has 0 bridgehead atoms. The fourth-order valence-electron chi connectivity index (χ4n) is 2.36. The summed E-state index contributed by atoms with van der Waals surface area (Å²) in [6.07, 6.45) is 5.90. The lowest BCUT2D eigenvalue weighted by atomic mass is 9.78. The second-order valence-corrected chi connectivity index (χ2v) is 5.44. The molecule has 1 atom stereocenters. The monoisotopic (exact) mass is 256 g/mol. The highest BCUT2D eigenvalue weighted by Crippen LogP contribution is 2.34. The highest BCUT2D eigenvalue weighted by Gasteiger charge is 2.28. The number of alkyl halides is 1. The van der Waals surface area contributed by atoms with E-state index in [1.165, 1.54) is 25.0 Å². The molecule has 3 heteroatoms. The molecular weight excluding hydrogens is 232 g/mol. The van der Waals surface area contributed by atoms with E-state index < -0.39 is 0 Å². The average Bonchev–Trinajstić information content (AvgIpc) is 2.63. The normalized spacial score (nSPS) is 14.9. The predicted molar refractivity (Wildman–Crippen MR) is 74.6 cm³/mol. The molecule has 1 heterocycles. The van der Waals surface area contributed by atoms with Gasteiger partial charge in [-0.05, 0) is 37.7 Å². The van der Waals surface area contributed by atoms with Crippen molar-refractivity contribution in [1.82, 2.24) is 9.78 Å². The number of rotatable bonds is 7. The van der Waals surface area contributed by atoms with Gasteiger partial charge in [0.05, 0.1) is 5.69 Å². The zero-order chi connectivity index (χ0) is 12.9. The standard InChI is InChI=1S/C14H25ClN2/c1-5-7-8-14(6-2,11-15)10-13-9-12(3)16-17(13)4/h9H,5-8,10-11H2,1-4H3. The molecule has 0 aliphatic carbocycles. The Hall–Kier alpha value is -0.500. The molecule has 0 radical (unpaired) electrons. The summed E-state index contributed by atoms with van der Waals surface area (Å²) in [7, 11) is 2.02. The Morgan fingerprint density at radius 1 is 1.41 bits per heavy atom. The van der Waals surface area contributed by atoms with Gasteiger partial charge in [0.15, 0.2) is 0 Å². The highest BCUT2D eigenvalue weighted by atomic mass is 35.5. The van der Waals surface area contributed by atoms with Gasteiger partial charge in [-0.3, -0.25) is 4.68 Å². The third-order valence-corrected chi connectivity index (χ3v) is 4.32. The summed E-state index contributed by atoms with van der Waals surface area (Å²) in [5.74, 6) is 0.744. The van der Waals surface area contributed by atoms with E-state index in [1.807, 2.05) is 18.7 Å². The van der Waals surface area contributed by atoms with Crippen molar-refractivity contribution in [2.45, 2.75) is 52.9 Å². The molecule has 1 rings (SSSR count). The van der Waals surface area contributed by atoms with Crippen LogP contribution in [0.3, 0.4) is 0 Å². The number of aryl methyl sites for hydroxylation is 2. The molecular formula is C14H25ClN2. The first kappa shape index (κ1) is 14.6. The molecule has 0 amide bonds. The Kier molecular flexibility index (Phi) is 5.51. The first-order chi connectivity index (χ1) is 8.06. The number of unbranched alkanes of at least 4 members (excludes halogenated alkanes) is 1. The third-order valence-electron chi connectivity index (χ3n) is 3.75. The van der Waals surface area contributed by atoms with Crippen LogP contribution in [0.4, 0.5) is 0 Å². The quantitative estimate of drug-likeness (QED) is 0.672. The molecule has 0 fully saturated rings. The van der Waals surface area contributed by atoms with Crippen LogP contribution >= 0.6 is 11.6 Å². The van der Waals surface area contributed by atoms with Crippen LogP contribution < -0.4 is 0 Å². The Labute approximate surface area is 110 Å². The number of nitrogens with zero attached hydrogens (tertiary/aromatic N) is 2. The molecule has 0 saturated heterocycles. The summed E-state index contributed by atoms with van der Waals surface area (Å²) in [4.78, 5) is 0. The summed E-state index contributed by atoms with van der Waals surface area (Å²) in [6.45, 7) is 6.54. The highest BCUT2D eigenvalue weighted by molar-refractivity contribution is 6.18. The molecule has 0 spiro atoms. The van der Waals surface area contributed by atoms with Crippen LogP contribution in [-0.2, 0) is 13.5 Å². The Morgan fingerprint density at radius 3 is 2.53 bits per heavy atom. The lowest BCUT2D eigenvalue weighted by molar-refractivity contribution is 0.273. The van der Waals surface area contributed by atoms with Gasteiger partial charge in [-0.1, -0.05) is 26.7 Å². The zero-order valence-electron chi connectivity index (χ0n) is 11.6. The van der Waals surface area contributed by atoms with Crippen LogP contribution in [0.25, 0.3) is 0 Å². The van der Waals surface area contributed by atoms with Crippen molar-refractivity contribution in [3.05, 3.63) is 17.5 Å². The second kappa shape index (κ2) is 6.44. The molecule has 1 aromatic rings. The smallest absolute Gasteiger partial charge is 0.0596 e. The van der Waals surface area contributed by atoms with E-state index in [-0.39, 0.29) is 5.41 Å². The van der Waals surface area contributed by atoms with Crippen molar-refractivity contribution in [2.24, 2.45) is 12.5 Å². The third kappa shape index (κ3) is 3.74. The molecule has 0 aliphatic rings. The predicted octanol–water partition coefficient (Wildman–Crippen LogP) is 4.10. The first-order valence-electron chi connectivity index (χ1n) is 6.62. The first-order valence-corrected chi connectivity index (χ1v) is 7.16. The van der Waals surface area contributed by atoms with Crippen molar-refractivity contribution in [3.8, 4) is 0 Å². The van der Waals surface area contributed by atoms with Gasteiger partial charge < -0.3 is 0 Å². The van der Waals surface area contributed by atoms with Crippen LogP contribution in [0, 0.1) is 12.3 Å². The van der Waals surface area contributed by atoms with Crippen LogP contribution in [0.5, 0.6) is 0 Å². The van der Waals surface area contributed by atoms with Gasteiger partial charge in [-0.15, -0.1) is 11.6 Å². The number of aromatic nitrogens is 2. The van der Waals surface area contributed by atoms with Gasteiger partial charge in [-0.2, -0.15) is 5.10 Å². The summed E-state index contributed by atoms with van der Waals surface area (Å²) in [5.41, 5.74) is 2.65. The molecule has 0 aliphatic heterocycles. The average molecular weight is 257 g/mol. The number of halogens is 1. The van der Waals surface area contributed by atoms with Crippen LogP contribution in [0.15, 0.2) is 6.07 Å². The van der Waals surface area contributed by atoms with E-state index in [0.717, 1.165) is 24.4 Å². The molecule has 0 saturated carbocycles. The van der Waals surface area contributed by atoms with Crippen molar-refractivity contribution in [1.29, 1.82) is 0 Å². The molecule has 98 valence electrons. The van der Waals surface area contributed by atoms with Gasteiger partial charge in [0, 0.05) is 18.6 Å². The van der Waals surface area contributed by atoms with E-state index in [2.05, 4.69) is 25.0 Å². The summed E-state index contributed by atoms with van der Waals surface area (Å²) in [5, 5.41) is 4.42. The van der Waals surface area contributed by atoms with Crippen molar-refractivity contribution in [3.63, 3.8) is 0 Å². The van der Waals surface area contributed by atoms with Crippen LogP contribution in [0.1, 0.15) is 50.9 Å². The van der Waals surface area contributed by atoms with Crippen molar-refractivity contribution >= 4 is 11.6 Å². The fraction of sp³-hybridized carbons (Fsp3) is 0.786. The Balaban J connectivity index is 2.81. The maximum absolute atomic E-state index is 6.24. The minimum absolute atomic E-state index is 0.248. The molecule has 0 N–H and O–H groups in total. The molecule has 2 nitrogen and oxygen atoms in total. The topological polar surface area (TPSA) is 17.8 Å². The van der Waals surface area contributed by atoms with Crippen LogP contribution in [-0.4, -0.2) is 15.7 Å². The van der Waals surface area contributed by atoms with Crippen molar-refractivity contribution < 1.29 is 0 Å². The molecule has 17 heavy (non-hydrogen) atoms. The van der Waals surface area contributed by atoms with Crippen molar-refractivity contribution in [2.75, 3.05) is 5.88 Å². The molecule has 1 aromatic heterocycles. The van der Waals surface area contributed by atoms with Crippen LogP contribution in [0.2, 0.25) is 0 Å². The maximum Gasteiger partial charge on any atom is 0.0596 e. The van der Waals surface area contributed by atoms with E-state index >= 15 is 0 Å². The van der Waals surface area contributed by atoms with E-state index in [9.17, 15) is 0 Å². The number of hydrogen-bond acceptors (Lipinski definition) is 1. The summed E-state index contributed by atoms with van der Waals surface area (Å²) < 4.78 is 2.00. The van der Waals surface area contributed by atoms with Gasteiger partial charge in [-0.25, -0.2) is 0 Å². The maximum atomic E-state index is 6.24. The number of hydrogen-bond donors (Lipinski definition) is 0. The lowest BCUT2D eigenvalue weighted by Crippen LogP contribution is -2.26. The SMILES string of the molecule is CCCCC(CC)(CCl)Cc1cc(C)nn1C. The van der Waals surface area contributed by atoms with Gasteiger partial charge >= 0.3 is 0 Å². The minimum atomic E-state index is 0.248. The second-order valence-electron chi connectivity index (χ2n) is 5.17. The van der Waals surface area contributed by atoms with E-state index in [4.69, 9.17) is 11.6 Å².